The molecule has 1 spiro atoms. The molecule has 138 valence electrons. The molecule has 0 radical (unpaired) electrons. The van der Waals surface area contributed by atoms with Crippen molar-refractivity contribution in [3.05, 3.63) is 29.6 Å². The highest BCUT2D eigenvalue weighted by molar-refractivity contribution is 7.93. The second-order valence-electron chi connectivity index (χ2n) is 7.19. The molecule has 1 atom stereocenters. The van der Waals surface area contributed by atoms with Gasteiger partial charge in [-0.2, -0.15) is 0 Å². The zero-order valence-electron chi connectivity index (χ0n) is 14.9. The Labute approximate surface area is 148 Å². The van der Waals surface area contributed by atoms with Crippen LogP contribution in [0.5, 0.6) is 0 Å². The number of sulfone groups is 1. The van der Waals surface area contributed by atoms with Gasteiger partial charge in [0, 0.05) is 38.8 Å². The molecule has 0 aromatic carbocycles. The lowest BCUT2D eigenvalue weighted by atomic mass is 9.84. The van der Waals surface area contributed by atoms with Gasteiger partial charge in [-0.1, -0.05) is 6.07 Å². The first kappa shape index (κ1) is 18.1. The predicted octanol–water partition coefficient (Wildman–Crippen LogP) is 1.08. The summed E-state index contributed by atoms with van der Waals surface area (Å²) in [7, 11) is 0.144. The summed E-state index contributed by atoms with van der Waals surface area (Å²) in [5.41, 5.74) is 1.77. The van der Waals surface area contributed by atoms with Gasteiger partial charge in [0.15, 0.2) is 9.84 Å². The molecule has 3 heterocycles. The molecule has 2 amide bonds. The van der Waals surface area contributed by atoms with Crippen LogP contribution in [0.25, 0.3) is 0 Å². The topological polar surface area (TPSA) is 79.8 Å². The minimum Gasteiger partial charge on any atom is -0.375 e. The van der Waals surface area contributed by atoms with Crippen LogP contribution in [0.3, 0.4) is 0 Å². The molecule has 2 aliphatic rings. The molecule has 2 fully saturated rings. The van der Waals surface area contributed by atoms with Crippen LogP contribution in [0.4, 0.5) is 4.79 Å². The summed E-state index contributed by atoms with van der Waals surface area (Å²) in [6, 6.07) is 5.61. The molecule has 2 saturated heterocycles. The standard InChI is InChI=1S/C17H25N3O4S/c1-13-5-4-6-15(18-13)10-24-9-14-7-8-25(22,23)17(14)11-20(12-17)16(21)19(2)3/h4-6,14H,7-12H2,1-3H3. The molecule has 0 N–H and O–H groups in total. The van der Waals surface area contributed by atoms with Crippen LogP contribution >= 0.6 is 0 Å². The molecule has 0 aliphatic carbocycles. The lowest BCUT2D eigenvalue weighted by Gasteiger charge is -2.50. The first-order chi connectivity index (χ1) is 11.7. The van der Waals surface area contributed by atoms with Crippen LogP contribution < -0.4 is 0 Å². The molecule has 1 aromatic rings. The number of aromatic nitrogens is 1. The van der Waals surface area contributed by atoms with E-state index in [0.717, 1.165) is 11.4 Å². The van der Waals surface area contributed by atoms with E-state index in [9.17, 15) is 13.2 Å². The normalized spacial score (nSPS) is 23.5. The van der Waals surface area contributed by atoms with Crippen molar-refractivity contribution in [3.63, 3.8) is 0 Å². The third kappa shape index (κ3) is 3.25. The average Bonchev–Trinajstić information content (AvgIpc) is 2.76. The van der Waals surface area contributed by atoms with Gasteiger partial charge in [-0.3, -0.25) is 4.98 Å². The summed E-state index contributed by atoms with van der Waals surface area (Å²) in [5, 5.41) is 0. The van der Waals surface area contributed by atoms with Gasteiger partial charge in [-0.25, -0.2) is 13.2 Å². The van der Waals surface area contributed by atoms with E-state index in [1.165, 1.54) is 4.90 Å². The summed E-state index contributed by atoms with van der Waals surface area (Å²) in [4.78, 5) is 19.5. The maximum absolute atomic E-state index is 12.6. The minimum atomic E-state index is -3.20. The second-order valence-corrected chi connectivity index (χ2v) is 9.64. The summed E-state index contributed by atoms with van der Waals surface area (Å²) >= 11 is 0. The van der Waals surface area contributed by atoms with Crippen LogP contribution in [0, 0.1) is 12.8 Å². The van der Waals surface area contributed by atoms with Crippen LogP contribution in [0.15, 0.2) is 18.2 Å². The Balaban J connectivity index is 1.62. The van der Waals surface area contributed by atoms with E-state index in [-0.39, 0.29) is 30.8 Å². The van der Waals surface area contributed by atoms with Crippen molar-refractivity contribution >= 4 is 15.9 Å². The number of hydrogen-bond acceptors (Lipinski definition) is 5. The maximum atomic E-state index is 12.6. The molecule has 2 aliphatic heterocycles. The van der Waals surface area contributed by atoms with Gasteiger partial charge in [0.05, 0.1) is 24.7 Å². The molecule has 0 bridgehead atoms. The Morgan fingerprint density at radius 3 is 2.76 bits per heavy atom. The van der Waals surface area contributed by atoms with Gasteiger partial charge < -0.3 is 14.5 Å². The number of hydrogen-bond donors (Lipinski definition) is 0. The molecule has 1 unspecified atom stereocenters. The van der Waals surface area contributed by atoms with Crippen molar-refractivity contribution in [2.45, 2.75) is 24.7 Å². The number of aryl methyl sites for hydroxylation is 1. The van der Waals surface area contributed by atoms with Crippen molar-refractivity contribution in [1.29, 1.82) is 0 Å². The first-order valence-corrected chi connectivity index (χ1v) is 10.1. The number of urea groups is 1. The summed E-state index contributed by atoms with van der Waals surface area (Å²) in [6.45, 7) is 3.20. The Kier molecular flexibility index (Phi) is 4.76. The molecule has 3 rings (SSSR count). The quantitative estimate of drug-likeness (QED) is 0.795. The molecule has 8 heteroatoms. The maximum Gasteiger partial charge on any atom is 0.319 e. The van der Waals surface area contributed by atoms with Crippen molar-refractivity contribution in [2.75, 3.05) is 39.5 Å². The number of pyridine rings is 1. The van der Waals surface area contributed by atoms with E-state index >= 15 is 0 Å². The Morgan fingerprint density at radius 1 is 1.40 bits per heavy atom. The number of ether oxygens (including phenoxy) is 1. The van der Waals surface area contributed by atoms with Gasteiger partial charge in [-0.15, -0.1) is 0 Å². The van der Waals surface area contributed by atoms with Gasteiger partial charge in [-0.05, 0) is 25.5 Å². The van der Waals surface area contributed by atoms with Crippen LogP contribution in [-0.2, 0) is 21.2 Å². The Hall–Kier alpha value is -1.67. The van der Waals surface area contributed by atoms with Crippen LogP contribution in [0.1, 0.15) is 17.8 Å². The van der Waals surface area contributed by atoms with Crippen molar-refractivity contribution < 1.29 is 17.9 Å². The van der Waals surface area contributed by atoms with E-state index in [2.05, 4.69) is 4.98 Å². The van der Waals surface area contributed by atoms with Crippen molar-refractivity contribution in [2.24, 2.45) is 5.92 Å². The molecule has 0 saturated carbocycles. The van der Waals surface area contributed by atoms with Crippen molar-refractivity contribution in [3.8, 4) is 0 Å². The summed E-state index contributed by atoms with van der Waals surface area (Å²) in [6.07, 6.45) is 0.591. The minimum absolute atomic E-state index is 0.0754. The number of carbonyl (C=O) groups is 1. The second kappa shape index (κ2) is 6.57. The Morgan fingerprint density at radius 2 is 2.12 bits per heavy atom. The number of nitrogens with zero attached hydrogens (tertiary/aromatic N) is 3. The number of amides is 2. The summed E-state index contributed by atoms with van der Waals surface area (Å²) in [5.74, 6) is 0.0989. The smallest absolute Gasteiger partial charge is 0.319 e. The molecular weight excluding hydrogens is 342 g/mol. The highest BCUT2D eigenvalue weighted by atomic mass is 32.2. The van der Waals surface area contributed by atoms with Gasteiger partial charge in [0.2, 0.25) is 0 Å². The van der Waals surface area contributed by atoms with Crippen molar-refractivity contribution in [1.82, 2.24) is 14.8 Å². The largest absolute Gasteiger partial charge is 0.375 e. The Bertz CT molecular complexity index is 757. The lowest BCUT2D eigenvalue weighted by Crippen LogP contribution is -2.69. The van der Waals surface area contributed by atoms with E-state index < -0.39 is 14.6 Å². The average molecular weight is 367 g/mol. The third-order valence-corrected chi connectivity index (χ3v) is 7.79. The van der Waals surface area contributed by atoms with Gasteiger partial charge >= 0.3 is 6.03 Å². The van der Waals surface area contributed by atoms with Gasteiger partial charge in [0.25, 0.3) is 0 Å². The van der Waals surface area contributed by atoms with Crippen LogP contribution in [-0.4, -0.2) is 73.5 Å². The molecule has 7 nitrogen and oxygen atoms in total. The zero-order valence-corrected chi connectivity index (χ0v) is 15.8. The van der Waals surface area contributed by atoms with E-state index in [0.29, 0.717) is 19.6 Å². The van der Waals surface area contributed by atoms with Gasteiger partial charge in [0.1, 0.15) is 4.75 Å². The first-order valence-electron chi connectivity index (χ1n) is 8.44. The lowest BCUT2D eigenvalue weighted by molar-refractivity contribution is 0.0312. The highest BCUT2D eigenvalue weighted by Gasteiger charge is 2.62. The van der Waals surface area contributed by atoms with E-state index in [1.54, 1.807) is 19.0 Å². The number of likely N-dealkylation sites (tertiary alicyclic amines) is 1. The number of rotatable bonds is 4. The fourth-order valence-electron chi connectivity index (χ4n) is 3.71. The fraction of sp³-hybridized carbons (Fsp3) is 0.647. The fourth-order valence-corrected chi connectivity index (χ4v) is 6.11. The third-order valence-electron chi connectivity index (χ3n) is 5.18. The predicted molar refractivity (Wildman–Crippen MR) is 93.9 cm³/mol. The molecule has 1 aromatic heterocycles. The molecule has 25 heavy (non-hydrogen) atoms. The summed E-state index contributed by atoms with van der Waals surface area (Å²) < 4.78 is 30.1. The monoisotopic (exact) mass is 367 g/mol. The number of carbonyl (C=O) groups excluding carboxylic acids is 1. The zero-order chi connectivity index (χ0) is 18.2. The van der Waals surface area contributed by atoms with E-state index in [1.807, 2.05) is 25.1 Å². The van der Waals surface area contributed by atoms with Crippen LogP contribution in [0.2, 0.25) is 0 Å². The van der Waals surface area contributed by atoms with E-state index in [4.69, 9.17) is 4.74 Å². The molecular formula is C17H25N3O4S. The highest BCUT2D eigenvalue weighted by Crippen LogP contribution is 2.45. The SMILES string of the molecule is Cc1cccc(COCC2CCS(=O)(=O)C23CN(C(=O)N(C)C)C3)n1.